The molecule has 1 heterocycles. The first-order chi connectivity index (χ1) is 8.50. The summed E-state index contributed by atoms with van der Waals surface area (Å²) in [5, 5.41) is 0. The number of para-hydroxylation sites is 2. The molecule has 2 rings (SSSR count). The molecule has 0 bridgehead atoms. The number of sulfonamides is 1. The quantitative estimate of drug-likeness (QED) is 0.823. The third kappa shape index (κ3) is 2.94. The van der Waals surface area contributed by atoms with Crippen LogP contribution in [0.3, 0.4) is 0 Å². The molecule has 0 aromatic heterocycles. The number of hydrogen-bond donors (Lipinski definition) is 0. The lowest BCUT2D eigenvalue weighted by Gasteiger charge is -2.29. The van der Waals surface area contributed by atoms with Crippen LogP contribution >= 0.6 is 0 Å². The molecule has 1 aromatic carbocycles. The monoisotopic (exact) mass is 271 g/mol. The van der Waals surface area contributed by atoms with Gasteiger partial charge in [-0.25, -0.2) is 8.42 Å². The maximum absolute atomic E-state index is 11.5. The molecule has 1 aromatic rings. The van der Waals surface area contributed by atoms with Crippen LogP contribution in [-0.2, 0) is 10.0 Å². The first-order valence-electron chi connectivity index (χ1n) is 5.84. The van der Waals surface area contributed by atoms with E-state index in [2.05, 4.69) is 0 Å². The standard InChI is InChI=1S/C12H17NO4S/c1-3-13(18(2,14)15)8-10-9-16-11-6-4-5-7-12(11)17-10/h4-7,10H,3,8-9H2,1-2H3/t10-/m0/s1. The molecule has 1 aliphatic heterocycles. The molecule has 0 fully saturated rings. The molecule has 1 aliphatic rings. The normalized spacial score (nSPS) is 18.9. The Morgan fingerprint density at radius 2 is 2.00 bits per heavy atom. The maximum Gasteiger partial charge on any atom is 0.211 e. The van der Waals surface area contributed by atoms with E-state index in [4.69, 9.17) is 9.47 Å². The Morgan fingerprint density at radius 3 is 2.61 bits per heavy atom. The fraction of sp³-hybridized carbons (Fsp3) is 0.500. The van der Waals surface area contributed by atoms with Gasteiger partial charge in [0, 0.05) is 6.54 Å². The molecule has 100 valence electrons. The number of rotatable bonds is 4. The van der Waals surface area contributed by atoms with E-state index in [0.29, 0.717) is 31.2 Å². The summed E-state index contributed by atoms with van der Waals surface area (Å²) >= 11 is 0. The van der Waals surface area contributed by atoms with Crippen molar-refractivity contribution in [3.63, 3.8) is 0 Å². The van der Waals surface area contributed by atoms with Crippen LogP contribution in [0, 0.1) is 0 Å². The molecule has 0 aliphatic carbocycles. The van der Waals surface area contributed by atoms with E-state index in [0.717, 1.165) is 0 Å². The molecule has 0 saturated carbocycles. The minimum atomic E-state index is -3.19. The predicted octanol–water partition coefficient (Wildman–Crippen LogP) is 1.11. The van der Waals surface area contributed by atoms with Gasteiger partial charge < -0.3 is 9.47 Å². The maximum atomic E-state index is 11.5. The van der Waals surface area contributed by atoms with Crippen LogP contribution < -0.4 is 9.47 Å². The molecule has 5 nitrogen and oxygen atoms in total. The molecule has 0 saturated heterocycles. The van der Waals surface area contributed by atoms with E-state index in [1.54, 1.807) is 6.92 Å². The molecule has 1 atom stereocenters. The van der Waals surface area contributed by atoms with E-state index >= 15 is 0 Å². The topological polar surface area (TPSA) is 55.8 Å². The number of fused-ring (bicyclic) bond motifs is 1. The smallest absolute Gasteiger partial charge is 0.211 e. The van der Waals surface area contributed by atoms with Gasteiger partial charge >= 0.3 is 0 Å². The molecule has 18 heavy (non-hydrogen) atoms. The van der Waals surface area contributed by atoms with Gasteiger partial charge in [-0.2, -0.15) is 4.31 Å². The summed E-state index contributed by atoms with van der Waals surface area (Å²) in [4.78, 5) is 0. The minimum Gasteiger partial charge on any atom is -0.486 e. The van der Waals surface area contributed by atoms with Gasteiger partial charge in [0.05, 0.1) is 12.8 Å². The Hall–Kier alpha value is -1.27. The molecule has 0 N–H and O–H groups in total. The van der Waals surface area contributed by atoms with Crippen LogP contribution in [-0.4, -0.2) is 44.8 Å². The Morgan fingerprint density at radius 1 is 1.33 bits per heavy atom. The Balaban J connectivity index is 2.06. The Labute approximate surface area is 107 Å². The zero-order valence-electron chi connectivity index (χ0n) is 10.5. The van der Waals surface area contributed by atoms with Gasteiger partial charge in [-0.05, 0) is 12.1 Å². The van der Waals surface area contributed by atoms with Gasteiger partial charge in [0.1, 0.15) is 12.7 Å². The number of nitrogens with zero attached hydrogens (tertiary/aromatic N) is 1. The predicted molar refractivity (Wildman–Crippen MR) is 68.4 cm³/mol. The van der Waals surface area contributed by atoms with Gasteiger partial charge in [0.25, 0.3) is 0 Å². The Kier molecular flexibility index (Phi) is 3.77. The second kappa shape index (κ2) is 5.16. The zero-order valence-corrected chi connectivity index (χ0v) is 11.3. The molecule has 0 unspecified atom stereocenters. The van der Waals surface area contributed by atoms with E-state index in [-0.39, 0.29) is 6.10 Å². The molecule has 6 heteroatoms. The van der Waals surface area contributed by atoms with Crippen molar-refractivity contribution in [2.45, 2.75) is 13.0 Å². The van der Waals surface area contributed by atoms with E-state index in [9.17, 15) is 8.42 Å². The second-order valence-electron chi connectivity index (χ2n) is 4.21. The van der Waals surface area contributed by atoms with Gasteiger partial charge in [0.2, 0.25) is 10.0 Å². The second-order valence-corrected chi connectivity index (χ2v) is 6.19. The molecular weight excluding hydrogens is 254 g/mol. The van der Waals surface area contributed by atoms with Crippen molar-refractivity contribution in [2.75, 3.05) is 26.0 Å². The highest BCUT2D eigenvalue weighted by atomic mass is 32.2. The third-order valence-corrected chi connectivity index (χ3v) is 4.14. The van der Waals surface area contributed by atoms with Crippen LogP contribution in [0.4, 0.5) is 0 Å². The Bertz CT molecular complexity index is 515. The summed E-state index contributed by atoms with van der Waals surface area (Å²) in [6.07, 6.45) is 0.934. The van der Waals surface area contributed by atoms with Crippen LogP contribution in [0.15, 0.2) is 24.3 Å². The van der Waals surface area contributed by atoms with Gasteiger partial charge in [-0.15, -0.1) is 0 Å². The lowest BCUT2D eigenvalue weighted by molar-refractivity contribution is 0.0772. The van der Waals surface area contributed by atoms with Crippen molar-refractivity contribution in [1.29, 1.82) is 0 Å². The highest BCUT2D eigenvalue weighted by Gasteiger charge is 2.25. The van der Waals surface area contributed by atoms with Crippen molar-refractivity contribution in [3.8, 4) is 11.5 Å². The first kappa shape index (κ1) is 13.2. The van der Waals surface area contributed by atoms with Crippen molar-refractivity contribution in [3.05, 3.63) is 24.3 Å². The van der Waals surface area contributed by atoms with Crippen molar-refractivity contribution in [2.24, 2.45) is 0 Å². The summed E-state index contributed by atoms with van der Waals surface area (Å²) in [6, 6.07) is 7.38. The average molecular weight is 271 g/mol. The number of benzene rings is 1. The van der Waals surface area contributed by atoms with Gasteiger partial charge in [0.15, 0.2) is 11.5 Å². The van der Waals surface area contributed by atoms with Crippen molar-refractivity contribution >= 4 is 10.0 Å². The summed E-state index contributed by atoms with van der Waals surface area (Å²) in [5.41, 5.74) is 0. The molecule has 0 amide bonds. The van der Waals surface area contributed by atoms with Gasteiger partial charge in [-0.3, -0.25) is 0 Å². The summed E-state index contributed by atoms with van der Waals surface area (Å²) < 4.78 is 35.7. The van der Waals surface area contributed by atoms with E-state index in [1.807, 2.05) is 24.3 Å². The highest BCUT2D eigenvalue weighted by molar-refractivity contribution is 7.88. The fourth-order valence-corrected chi connectivity index (χ4v) is 2.79. The largest absolute Gasteiger partial charge is 0.486 e. The zero-order chi connectivity index (χ0) is 13.2. The SMILES string of the molecule is CCN(C[C@H]1COc2ccccc2O1)S(C)(=O)=O. The summed E-state index contributed by atoms with van der Waals surface area (Å²) in [5.74, 6) is 1.37. The number of hydrogen-bond acceptors (Lipinski definition) is 4. The fourth-order valence-electron chi connectivity index (χ4n) is 1.88. The number of likely N-dealkylation sites (N-methyl/N-ethyl adjacent to an activating group) is 1. The van der Waals surface area contributed by atoms with Crippen LogP contribution in [0.5, 0.6) is 11.5 Å². The van der Waals surface area contributed by atoms with E-state index < -0.39 is 10.0 Å². The molecule has 0 radical (unpaired) electrons. The highest BCUT2D eigenvalue weighted by Crippen LogP contribution is 2.31. The van der Waals surface area contributed by atoms with E-state index in [1.165, 1.54) is 10.6 Å². The minimum absolute atomic E-state index is 0.269. The third-order valence-electron chi connectivity index (χ3n) is 2.80. The van der Waals surface area contributed by atoms with Crippen LogP contribution in [0.2, 0.25) is 0 Å². The lowest BCUT2D eigenvalue weighted by atomic mass is 10.2. The van der Waals surface area contributed by atoms with Crippen LogP contribution in [0.25, 0.3) is 0 Å². The summed E-state index contributed by atoms with van der Waals surface area (Å²) in [7, 11) is -3.19. The lowest BCUT2D eigenvalue weighted by Crippen LogP contribution is -2.43. The summed E-state index contributed by atoms with van der Waals surface area (Å²) in [6.45, 7) is 2.91. The average Bonchev–Trinajstić information content (AvgIpc) is 2.34. The molecular formula is C12H17NO4S. The van der Waals surface area contributed by atoms with Crippen molar-refractivity contribution < 1.29 is 17.9 Å². The number of ether oxygens (including phenoxy) is 2. The molecule has 0 spiro atoms. The van der Waals surface area contributed by atoms with Crippen LogP contribution in [0.1, 0.15) is 6.92 Å². The van der Waals surface area contributed by atoms with Gasteiger partial charge in [-0.1, -0.05) is 19.1 Å². The first-order valence-corrected chi connectivity index (χ1v) is 7.69. The van der Waals surface area contributed by atoms with Crippen molar-refractivity contribution in [1.82, 2.24) is 4.31 Å².